The average Bonchev–Trinajstić information content (AvgIpc) is 3.61. The molecule has 1 aliphatic heterocycles. The van der Waals surface area contributed by atoms with Crippen molar-refractivity contribution in [3.63, 3.8) is 0 Å². The molecule has 1 saturated carbocycles. The van der Waals surface area contributed by atoms with Crippen LogP contribution in [0.4, 0.5) is 10.6 Å². The lowest BCUT2D eigenvalue weighted by atomic mass is 10.1. The molecule has 162 valence electrons. The van der Waals surface area contributed by atoms with Crippen LogP contribution in [-0.2, 0) is 11.3 Å². The molecular formula is C22H30N4O4. The van der Waals surface area contributed by atoms with Crippen LogP contribution < -0.4 is 19.7 Å². The third kappa shape index (κ3) is 4.38. The van der Waals surface area contributed by atoms with Gasteiger partial charge in [-0.2, -0.15) is 0 Å². The lowest BCUT2D eigenvalue weighted by Crippen LogP contribution is -2.49. The van der Waals surface area contributed by atoms with Crippen LogP contribution in [0.2, 0.25) is 0 Å². The van der Waals surface area contributed by atoms with Crippen molar-refractivity contribution in [1.82, 2.24) is 15.2 Å². The number of amides is 1. The Bertz CT molecular complexity index is 908. The summed E-state index contributed by atoms with van der Waals surface area (Å²) in [6.45, 7) is 5.69. The van der Waals surface area contributed by atoms with Gasteiger partial charge in [-0.3, -0.25) is 0 Å². The number of aromatic nitrogens is 1. The Balaban J connectivity index is 1.62. The maximum absolute atomic E-state index is 12.0. The lowest BCUT2D eigenvalue weighted by Gasteiger charge is -2.35. The molecule has 8 nitrogen and oxygen atoms in total. The SMILES string of the molecule is CCOC(=O)N1CCN(c2nc3cc(OC)c(OC)cc3cc2CNC2CC2)CC1. The molecule has 0 atom stereocenters. The number of carbonyl (C=O) groups is 1. The van der Waals surface area contributed by atoms with Gasteiger partial charge in [-0.25, -0.2) is 9.78 Å². The molecule has 1 saturated heterocycles. The molecule has 2 aromatic rings. The van der Waals surface area contributed by atoms with E-state index in [4.69, 9.17) is 19.2 Å². The van der Waals surface area contributed by atoms with Gasteiger partial charge in [0, 0.05) is 55.8 Å². The summed E-state index contributed by atoms with van der Waals surface area (Å²) in [4.78, 5) is 21.1. The van der Waals surface area contributed by atoms with E-state index in [1.807, 2.05) is 19.1 Å². The first kappa shape index (κ1) is 20.5. The molecular weight excluding hydrogens is 384 g/mol. The standard InChI is InChI=1S/C22H30N4O4/c1-4-30-22(27)26-9-7-25(8-10-26)21-16(14-23-17-5-6-17)11-15-12-19(28-2)20(29-3)13-18(15)24-21/h11-13,17,23H,4-10,14H2,1-3H3. The van der Waals surface area contributed by atoms with E-state index in [1.165, 1.54) is 12.8 Å². The number of benzene rings is 1. The van der Waals surface area contributed by atoms with Gasteiger partial charge >= 0.3 is 6.09 Å². The number of hydrogen-bond donors (Lipinski definition) is 1. The largest absolute Gasteiger partial charge is 0.493 e. The van der Waals surface area contributed by atoms with Crippen molar-refractivity contribution in [2.24, 2.45) is 0 Å². The Kier molecular flexibility index (Phi) is 6.13. The molecule has 1 N–H and O–H groups in total. The number of piperazine rings is 1. The fourth-order valence-electron chi connectivity index (χ4n) is 3.80. The molecule has 1 aromatic heterocycles. The molecule has 0 bridgehead atoms. The highest BCUT2D eigenvalue weighted by atomic mass is 16.6. The fourth-order valence-corrected chi connectivity index (χ4v) is 3.80. The Morgan fingerprint density at radius 2 is 1.80 bits per heavy atom. The Morgan fingerprint density at radius 1 is 1.10 bits per heavy atom. The van der Waals surface area contributed by atoms with Crippen LogP contribution in [0.1, 0.15) is 25.3 Å². The second kappa shape index (κ2) is 8.95. The third-order valence-electron chi connectivity index (χ3n) is 5.64. The number of nitrogens with one attached hydrogen (secondary N) is 1. The van der Waals surface area contributed by atoms with E-state index in [1.54, 1.807) is 19.1 Å². The summed E-state index contributed by atoms with van der Waals surface area (Å²) in [5.41, 5.74) is 2.02. The number of pyridine rings is 1. The van der Waals surface area contributed by atoms with Gasteiger partial charge in [0.2, 0.25) is 0 Å². The maximum atomic E-state index is 12.0. The molecule has 4 rings (SSSR count). The lowest BCUT2D eigenvalue weighted by molar-refractivity contribution is 0.105. The molecule has 1 amide bonds. The van der Waals surface area contributed by atoms with Crippen molar-refractivity contribution >= 4 is 22.8 Å². The van der Waals surface area contributed by atoms with E-state index >= 15 is 0 Å². The van der Waals surface area contributed by atoms with E-state index in [0.717, 1.165) is 41.9 Å². The number of anilines is 1. The van der Waals surface area contributed by atoms with Crippen LogP contribution in [-0.4, -0.2) is 69.0 Å². The fraction of sp³-hybridized carbons (Fsp3) is 0.545. The van der Waals surface area contributed by atoms with Gasteiger partial charge in [0.1, 0.15) is 5.82 Å². The molecule has 2 heterocycles. The zero-order valence-corrected chi connectivity index (χ0v) is 17.9. The molecule has 0 radical (unpaired) electrons. The Hall–Kier alpha value is -2.74. The summed E-state index contributed by atoms with van der Waals surface area (Å²) in [6.07, 6.45) is 2.23. The molecule has 8 heteroatoms. The van der Waals surface area contributed by atoms with Gasteiger partial charge in [-0.1, -0.05) is 0 Å². The highest BCUT2D eigenvalue weighted by Crippen LogP contribution is 2.34. The maximum Gasteiger partial charge on any atom is 0.409 e. The normalized spacial score (nSPS) is 16.6. The van der Waals surface area contributed by atoms with E-state index in [-0.39, 0.29) is 6.09 Å². The van der Waals surface area contributed by atoms with Crippen LogP contribution in [0.3, 0.4) is 0 Å². The van der Waals surface area contributed by atoms with E-state index in [9.17, 15) is 4.79 Å². The van der Waals surface area contributed by atoms with Crippen LogP contribution in [0.5, 0.6) is 11.5 Å². The zero-order valence-electron chi connectivity index (χ0n) is 17.9. The van der Waals surface area contributed by atoms with Gasteiger partial charge in [-0.15, -0.1) is 0 Å². The summed E-state index contributed by atoms with van der Waals surface area (Å²) >= 11 is 0. The molecule has 1 aromatic carbocycles. The van der Waals surface area contributed by atoms with Crippen molar-refractivity contribution in [1.29, 1.82) is 0 Å². The first-order valence-electron chi connectivity index (χ1n) is 10.6. The van der Waals surface area contributed by atoms with Gasteiger partial charge < -0.3 is 29.3 Å². The second-order valence-electron chi connectivity index (χ2n) is 7.70. The highest BCUT2D eigenvalue weighted by molar-refractivity contribution is 5.85. The number of ether oxygens (including phenoxy) is 3. The zero-order chi connectivity index (χ0) is 21.1. The number of nitrogens with zero attached hydrogens (tertiary/aromatic N) is 3. The second-order valence-corrected chi connectivity index (χ2v) is 7.70. The average molecular weight is 415 g/mol. The molecule has 2 fully saturated rings. The predicted molar refractivity (Wildman–Crippen MR) is 116 cm³/mol. The third-order valence-corrected chi connectivity index (χ3v) is 5.64. The number of hydrogen-bond acceptors (Lipinski definition) is 7. The van der Waals surface area contributed by atoms with Crippen molar-refractivity contribution in [3.05, 3.63) is 23.8 Å². The minimum absolute atomic E-state index is 0.240. The number of methoxy groups -OCH3 is 2. The number of fused-ring (bicyclic) bond motifs is 1. The van der Waals surface area contributed by atoms with E-state index in [2.05, 4.69) is 16.3 Å². The van der Waals surface area contributed by atoms with E-state index in [0.29, 0.717) is 37.2 Å². The van der Waals surface area contributed by atoms with Crippen LogP contribution in [0.15, 0.2) is 18.2 Å². The van der Waals surface area contributed by atoms with Crippen LogP contribution in [0, 0.1) is 0 Å². The number of carbonyl (C=O) groups excluding carboxylic acids is 1. The molecule has 0 unspecified atom stereocenters. The molecule has 2 aliphatic rings. The van der Waals surface area contributed by atoms with Crippen molar-refractivity contribution < 1.29 is 19.0 Å². The topological polar surface area (TPSA) is 76.2 Å². The Morgan fingerprint density at radius 3 is 2.43 bits per heavy atom. The van der Waals surface area contributed by atoms with Crippen LogP contribution in [0.25, 0.3) is 10.9 Å². The minimum Gasteiger partial charge on any atom is -0.493 e. The monoisotopic (exact) mass is 414 g/mol. The summed E-state index contributed by atoms with van der Waals surface area (Å²) in [5.74, 6) is 2.33. The predicted octanol–water partition coefficient (Wildman–Crippen LogP) is 2.78. The van der Waals surface area contributed by atoms with Gasteiger partial charge in [0.25, 0.3) is 0 Å². The highest BCUT2D eigenvalue weighted by Gasteiger charge is 2.26. The number of rotatable bonds is 7. The Labute approximate surface area is 177 Å². The molecule has 0 spiro atoms. The minimum atomic E-state index is -0.240. The van der Waals surface area contributed by atoms with Gasteiger partial charge in [0.05, 0.1) is 26.3 Å². The van der Waals surface area contributed by atoms with Crippen molar-refractivity contribution in [2.75, 3.05) is 51.9 Å². The van der Waals surface area contributed by atoms with Gasteiger partial charge in [0.15, 0.2) is 11.5 Å². The summed E-state index contributed by atoms with van der Waals surface area (Å²) in [5, 5.41) is 4.63. The van der Waals surface area contributed by atoms with Gasteiger partial charge in [-0.05, 0) is 31.9 Å². The summed E-state index contributed by atoms with van der Waals surface area (Å²) in [6, 6.07) is 6.70. The van der Waals surface area contributed by atoms with Crippen LogP contribution >= 0.6 is 0 Å². The first-order valence-corrected chi connectivity index (χ1v) is 10.6. The quantitative estimate of drug-likeness (QED) is 0.747. The van der Waals surface area contributed by atoms with Crippen molar-refractivity contribution in [3.8, 4) is 11.5 Å². The van der Waals surface area contributed by atoms with E-state index < -0.39 is 0 Å². The molecule has 30 heavy (non-hydrogen) atoms. The smallest absolute Gasteiger partial charge is 0.409 e. The molecule has 1 aliphatic carbocycles. The summed E-state index contributed by atoms with van der Waals surface area (Å²) in [7, 11) is 3.28. The van der Waals surface area contributed by atoms with Crippen molar-refractivity contribution in [2.45, 2.75) is 32.4 Å². The first-order chi connectivity index (χ1) is 14.6. The summed E-state index contributed by atoms with van der Waals surface area (Å²) < 4.78 is 16.1.